The summed E-state index contributed by atoms with van der Waals surface area (Å²) in [6.07, 6.45) is 0.808. The molecule has 0 spiro atoms. The van der Waals surface area contributed by atoms with E-state index >= 15 is 0 Å². The second-order valence-corrected chi connectivity index (χ2v) is 9.78. The average molecular weight is 479 g/mol. The summed E-state index contributed by atoms with van der Waals surface area (Å²) in [5.74, 6) is -0.231. The molecule has 1 atom stereocenters. The zero-order chi connectivity index (χ0) is 23.3. The van der Waals surface area contributed by atoms with Crippen molar-refractivity contribution in [2.24, 2.45) is 5.73 Å². The zero-order valence-electron chi connectivity index (χ0n) is 19.2. The van der Waals surface area contributed by atoms with Gasteiger partial charge in [0.05, 0.1) is 12.0 Å². The topological polar surface area (TPSA) is 144 Å². The number of methoxy groups -OCH3 is 1. The summed E-state index contributed by atoms with van der Waals surface area (Å²) < 4.78 is 38.3. The van der Waals surface area contributed by atoms with Gasteiger partial charge in [-0.15, -0.1) is 12.4 Å². The Kier molecular flexibility index (Phi) is 10.8. The van der Waals surface area contributed by atoms with Gasteiger partial charge in [-0.2, -0.15) is 0 Å². The minimum absolute atomic E-state index is 0. The number of hydrogen-bond acceptors (Lipinski definition) is 7. The second kappa shape index (κ2) is 11.5. The zero-order valence-corrected chi connectivity index (χ0v) is 20.8. The third kappa shape index (κ3) is 8.54. The Balaban J connectivity index is 0.00000900. The molecule has 0 radical (unpaired) electrons. The van der Waals surface area contributed by atoms with Crippen molar-refractivity contribution in [1.29, 1.82) is 5.41 Å². The van der Waals surface area contributed by atoms with E-state index in [4.69, 9.17) is 20.6 Å². The van der Waals surface area contributed by atoms with Crippen molar-refractivity contribution < 1.29 is 22.7 Å². The van der Waals surface area contributed by atoms with Crippen LogP contribution in [0, 0.1) is 26.2 Å². The number of esters is 1. The molecule has 9 nitrogen and oxygen atoms in total. The third-order valence-corrected chi connectivity index (χ3v) is 6.05. The number of aryl methyl sites for hydroxylation is 1. The van der Waals surface area contributed by atoms with Crippen LogP contribution < -0.4 is 20.5 Å². The molecule has 1 aromatic carbocycles. The van der Waals surface area contributed by atoms with E-state index in [0.29, 0.717) is 29.7 Å². The SMILES string of the molecule is COc1cc(C)c(S(=O)(=O)NC(=N)NCCC[C@H](N)C(=O)OC(C)(C)C)c(C)c1C.Cl. The lowest BCUT2D eigenvalue weighted by Crippen LogP contribution is -2.42. The van der Waals surface area contributed by atoms with Gasteiger partial charge in [-0.05, 0) is 77.1 Å². The Hall–Kier alpha value is -2.04. The highest BCUT2D eigenvalue weighted by molar-refractivity contribution is 7.90. The smallest absolute Gasteiger partial charge is 0.323 e. The van der Waals surface area contributed by atoms with E-state index in [-0.39, 0.29) is 29.8 Å². The molecule has 1 aromatic rings. The molecule has 0 aliphatic heterocycles. The fraction of sp³-hybridized carbons (Fsp3) is 0.600. The van der Waals surface area contributed by atoms with Crippen LogP contribution in [0.5, 0.6) is 5.75 Å². The largest absolute Gasteiger partial charge is 0.496 e. The molecule has 0 saturated heterocycles. The predicted octanol–water partition coefficient (Wildman–Crippen LogP) is 2.29. The Bertz CT molecular complexity index is 898. The number of carbonyl (C=O) groups is 1. The summed E-state index contributed by atoms with van der Waals surface area (Å²) in [5, 5.41) is 10.6. The van der Waals surface area contributed by atoms with Gasteiger partial charge in [-0.3, -0.25) is 10.2 Å². The molecule has 0 aromatic heterocycles. The molecule has 0 heterocycles. The van der Waals surface area contributed by atoms with Crippen LogP contribution in [-0.2, 0) is 19.6 Å². The maximum atomic E-state index is 12.8. The second-order valence-electron chi connectivity index (χ2n) is 8.16. The molecule has 31 heavy (non-hydrogen) atoms. The highest BCUT2D eigenvalue weighted by Gasteiger charge is 2.24. The maximum Gasteiger partial charge on any atom is 0.323 e. The summed E-state index contributed by atoms with van der Waals surface area (Å²) in [6.45, 7) is 10.7. The van der Waals surface area contributed by atoms with Crippen molar-refractivity contribution in [2.45, 2.75) is 70.9 Å². The van der Waals surface area contributed by atoms with Crippen LogP contribution in [0.2, 0.25) is 0 Å². The lowest BCUT2D eigenvalue weighted by atomic mass is 10.1. The number of nitrogens with two attached hydrogens (primary N) is 1. The molecule has 178 valence electrons. The molecule has 0 aliphatic carbocycles. The van der Waals surface area contributed by atoms with Gasteiger partial charge in [-0.25, -0.2) is 13.1 Å². The number of halogens is 1. The number of benzene rings is 1. The van der Waals surface area contributed by atoms with Gasteiger partial charge in [0.1, 0.15) is 17.4 Å². The standard InChI is InChI=1S/C20H34N4O5S.ClH/c1-12-11-16(28-7)13(2)14(3)17(12)30(26,27)24-19(22)23-10-8-9-15(21)18(25)29-20(4,5)6;/h11,15H,8-10,21H2,1-7H3,(H3,22,23,24);1H/t15-;/m0./s1. The normalized spacial score (nSPS) is 12.4. The summed E-state index contributed by atoms with van der Waals surface area (Å²) in [4.78, 5) is 12.0. The van der Waals surface area contributed by atoms with Crippen molar-refractivity contribution in [1.82, 2.24) is 10.0 Å². The first-order valence-corrected chi connectivity index (χ1v) is 11.2. The summed E-state index contributed by atoms with van der Waals surface area (Å²) >= 11 is 0. The molecule has 0 saturated carbocycles. The number of sulfonamides is 1. The van der Waals surface area contributed by atoms with Crippen molar-refractivity contribution in [2.75, 3.05) is 13.7 Å². The summed E-state index contributed by atoms with van der Waals surface area (Å²) in [7, 11) is -2.42. The summed E-state index contributed by atoms with van der Waals surface area (Å²) in [6, 6.07) is 0.885. The van der Waals surface area contributed by atoms with Crippen molar-refractivity contribution in [3.63, 3.8) is 0 Å². The van der Waals surface area contributed by atoms with E-state index in [0.717, 1.165) is 5.56 Å². The van der Waals surface area contributed by atoms with E-state index in [1.54, 1.807) is 47.6 Å². The minimum Gasteiger partial charge on any atom is -0.496 e. The Labute approximate surface area is 191 Å². The number of guanidine groups is 1. The quantitative estimate of drug-likeness (QED) is 0.194. The number of nitrogens with one attached hydrogen (secondary N) is 3. The van der Waals surface area contributed by atoms with Crippen LogP contribution in [0.1, 0.15) is 50.3 Å². The van der Waals surface area contributed by atoms with E-state index in [1.165, 1.54) is 7.11 Å². The number of rotatable bonds is 8. The van der Waals surface area contributed by atoms with E-state index in [2.05, 4.69) is 10.0 Å². The highest BCUT2D eigenvalue weighted by atomic mass is 35.5. The monoisotopic (exact) mass is 478 g/mol. The molecule has 0 bridgehead atoms. The van der Waals surface area contributed by atoms with Gasteiger partial charge < -0.3 is 20.5 Å². The van der Waals surface area contributed by atoms with Gasteiger partial charge in [0.2, 0.25) is 5.96 Å². The maximum absolute atomic E-state index is 12.8. The van der Waals surface area contributed by atoms with E-state index in [1.807, 2.05) is 0 Å². The fourth-order valence-electron chi connectivity index (χ4n) is 2.90. The number of ether oxygens (including phenoxy) is 2. The first-order valence-electron chi connectivity index (χ1n) is 9.68. The number of carbonyl (C=O) groups excluding carboxylic acids is 1. The van der Waals surface area contributed by atoms with Crippen molar-refractivity contribution in [3.8, 4) is 5.75 Å². The van der Waals surface area contributed by atoms with Gasteiger partial charge in [0, 0.05) is 6.54 Å². The van der Waals surface area contributed by atoms with E-state index in [9.17, 15) is 13.2 Å². The Morgan fingerprint density at radius 2 is 1.81 bits per heavy atom. The molecular formula is C20H35ClN4O5S. The van der Waals surface area contributed by atoms with Crippen LogP contribution in [0.4, 0.5) is 0 Å². The van der Waals surface area contributed by atoms with E-state index < -0.39 is 27.6 Å². The summed E-state index contributed by atoms with van der Waals surface area (Å²) in [5.41, 5.74) is 7.02. The van der Waals surface area contributed by atoms with Crippen LogP contribution in [0.3, 0.4) is 0 Å². The molecule has 0 fully saturated rings. The molecule has 0 aliphatic rings. The van der Waals surface area contributed by atoms with Gasteiger partial charge in [0.25, 0.3) is 10.0 Å². The van der Waals surface area contributed by atoms with Crippen molar-refractivity contribution in [3.05, 3.63) is 22.8 Å². The molecule has 11 heteroatoms. The Morgan fingerprint density at radius 1 is 1.23 bits per heavy atom. The Morgan fingerprint density at radius 3 is 2.32 bits per heavy atom. The van der Waals surface area contributed by atoms with Crippen LogP contribution in [0.25, 0.3) is 0 Å². The highest BCUT2D eigenvalue weighted by Crippen LogP contribution is 2.30. The predicted molar refractivity (Wildman–Crippen MR) is 124 cm³/mol. The first kappa shape index (κ1) is 29.0. The lowest BCUT2D eigenvalue weighted by Gasteiger charge is -2.22. The van der Waals surface area contributed by atoms with Crippen LogP contribution in [-0.4, -0.2) is 45.6 Å². The van der Waals surface area contributed by atoms with Crippen LogP contribution in [0.15, 0.2) is 11.0 Å². The lowest BCUT2D eigenvalue weighted by molar-refractivity contribution is -0.156. The fourth-order valence-corrected chi connectivity index (χ4v) is 4.38. The molecule has 5 N–H and O–H groups in total. The first-order chi connectivity index (χ1) is 13.7. The van der Waals surface area contributed by atoms with Crippen molar-refractivity contribution >= 4 is 34.4 Å². The molecule has 0 unspecified atom stereocenters. The van der Waals surface area contributed by atoms with Gasteiger partial charge in [0.15, 0.2) is 0 Å². The van der Waals surface area contributed by atoms with Crippen LogP contribution >= 0.6 is 12.4 Å². The third-order valence-electron chi connectivity index (χ3n) is 4.41. The average Bonchev–Trinajstić information content (AvgIpc) is 2.59. The van der Waals surface area contributed by atoms with Gasteiger partial charge in [-0.1, -0.05) is 0 Å². The molecule has 0 amide bonds. The molecular weight excluding hydrogens is 444 g/mol. The van der Waals surface area contributed by atoms with Gasteiger partial charge >= 0.3 is 5.97 Å². The molecule has 1 rings (SSSR count). The minimum atomic E-state index is -3.95. The number of hydrogen-bond donors (Lipinski definition) is 4.